The molecule has 0 fully saturated rings. The van der Waals surface area contributed by atoms with E-state index in [1.807, 2.05) is 12.1 Å². The number of esters is 1. The number of aromatic nitrogens is 4. The van der Waals surface area contributed by atoms with E-state index in [-0.39, 0.29) is 5.69 Å². The van der Waals surface area contributed by atoms with Gasteiger partial charge in [0.2, 0.25) is 5.13 Å². The first-order valence-corrected chi connectivity index (χ1v) is 7.46. The summed E-state index contributed by atoms with van der Waals surface area (Å²) in [5, 5.41) is 6.57. The molecule has 0 aliphatic rings. The summed E-state index contributed by atoms with van der Waals surface area (Å²) in [5.74, 6) is -0.0124. The Balaban J connectivity index is 1.93. The number of nitrogen functional groups attached to an aromatic ring is 1. The Kier molecular flexibility index (Phi) is 3.84. The van der Waals surface area contributed by atoms with Crippen LogP contribution in [0, 0.1) is 0 Å². The summed E-state index contributed by atoms with van der Waals surface area (Å²) in [4.78, 5) is 19.8. The molecule has 8 heteroatoms. The van der Waals surface area contributed by atoms with Crippen LogP contribution in [0.5, 0.6) is 0 Å². The number of nitrogens with two attached hydrogens (primary N) is 1. The van der Waals surface area contributed by atoms with E-state index in [4.69, 9.17) is 10.5 Å². The van der Waals surface area contributed by atoms with Crippen LogP contribution in [-0.2, 0) is 4.74 Å². The molecule has 0 aliphatic heterocycles. The zero-order valence-corrected chi connectivity index (χ0v) is 12.6. The Morgan fingerprint density at radius 1 is 1.41 bits per heavy atom. The molecular weight excluding hydrogens is 302 g/mol. The number of hydrogen-bond acceptors (Lipinski definition) is 7. The highest BCUT2D eigenvalue weighted by molar-refractivity contribution is 7.12. The highest BCUT2D eigenvalue weighted by Gasteiger charge is 2.15. The average molecular weight is 315 g/mol. The molecule has 0 amide bonds. The monoisotopic (exact) mass is 315 g/mol. The van der Waals surface area contributed by atoms with Gasteiger partial charge < -0.3 is 10.5 Å². The van der Waals surface area contributed by atoms with Crippen molar-refractivity contribution in [1.82, 2.24) is 19.7 Å². The topological polar surface area (TPSA) is 95.9 Å². The average Bonchev–Trinajstić information content (AvgIpc) is 3.15. The van der Waals surface area contributed by atoms with Gasteiger partial charge in [0.1, 0.15) is 5.82 Å². The number of carbonyl (C=O) groups is 1. The Morgan fingerprint density at radius 3 is 2.91 bits per heavy atom. The Hall–Kier alpha value is -2.74. The predicted molar refractivity (Wildman–Crippen MR) is 82.8 cm³/mol. The number of carbonyl (C=O) groups excluding carboxylic acids is 1. The van der Waals surface area contributed by atoms with Gasteiger partial charge in [-0.2, -0.15) is 9.78 Å². The molecule has 0 bridgehead atoms. The highest BCUT2D eigenvalue weighted by atomic mass is 32.1. The minimum absolute atomic E-state index is 0.252. The summed E-state index contributed by atoms with van der Waals surface area (Å²) in [6.45, 7) is 2.06. The SMILES string of the molecule is CCOC(=O)c1csc(-n2nc(-c3ccncc3)cc2N)n1. The number of nitrogens with zero attached hydrogens (tertiary/aromatic N) is 4. The summed E-state index contributed by atoms with van der Waals surface area (Å²) in [7, 11) is 0. The normalized spacial score (nSPS) is 10.6. The van der Waals surface area contributed by atoms with Crippen molar-refractivity contribution in [2.24, 2.45) is 0 Å². The number of rotatable bonds is 4. The lowest BCUT2D eigenvalue weighted by molar-refractivity contribution is 0.0520. The maximum absolute atomic E-state index is 11.7. The van der Waals surface area contributed by atoms with Gasteiger partial charge in [-0.05, 0) is 19.1 Å². The van der Waals surface area contributed by atoms with Crippen LogP contribution in [0.2, 0.25) is 0 Å². The van der Waals surface area contributed by atoms with Crippen LogP contribution >= 0.6 is 11.3 Å². The zero-order valence-electron chi connectivity index (χ0n) is 11.8. The Morgan fingerprint density at radius 2 is 2.18 bits per heavy atom. The van der Waals surface area contributed by atoms with Gasteiger partial charge in [0.05, 0.1) is 12.3 Å². The van der Waals surface area contributed by atoms with Gasteiger partial charge in [-0.1, -0.05) is 0 Å². The second-order valence-corrected chi connectivity index (χ2v) is 5.17. The molecule has 3 heterocycles. The summed E-state index contributed by atoms with van der Waals surface area (Å²) >= 11 is 1.28. The predicted octanol–water partition coefficient (Wildman–Crippen LogP) is 2.15. The van der Waals surface area contributed by atoms with Crippen LogP contribution in [0.3, 0.4) is 0 Å². The van der Waals surface area contributed by atoms with Gasteiger partial charge in [-0.3, -0.25) is 4.98 Å². The molecule has 0 atom stereocenters. The molecule has 22 heavy (non-hydrogen) atoms. The van der Waals surface area contributed by atoms with E-state index in [9.17, 15) is 4.79 Å². The van der Waals surface area contributed by atoms with E-state index >= 15 is 0 Å². The molecule has 3 rings (SSSR count). The standard InChI is InChI=1S/C14H13N5O2S/c1-2-21-13(20)11-8-22-14(17-11)19-12(15)7-10(18-19)9-3-5-16-6-4-9/h3-8H,2,15H2,1H3. The van der Waals surface area contributed by atoms with Crippen molar-refractivity contribution in [3.8, 4) is 16.4 Å². The Bertz CT molecular complexity index is 797. The first-order chi connectivity index (χ1) is 10.7. The van der Waals surface area contributed by atoms with Crippen LogP contribution in [0.1, 0.15) is 17.4 Å². The van der Waals surface area contributed by atoms with E-state index in [2.05, 4.69) is 15.1 Å². The van der Waals surface area contributed by atoms with Crippen molar-refractivity contribution in [3.05, 3.63) is 41.7 Å². The molecule has 0 saturated heterocycles. The summed E-state index contributed by atoms with van der Waals surface area (Å²) in [6.07, 6.45) is 3.37. The van der Waals surface area contributed by atoms with Gasteiger partial charge in [-0.15, -0.1) is 11.3 Å². The van der Waals surface area contributed by atoms with Gasteiger partial charge in [-0.25, -0.2) is 9.78 Å². The third-order valence-corrected chi connectivity index (χ3v) is 3.69. The molecule has 0 saturated carbocycles. The first kappa shape index (κ1) is 14.2. The Labute approximate surface area is 130 Å². The third-order valence-electron chi connectivity index (χ3n) is 2.87. The number of pyridine rings is 1. The minimum Gasteiger partial charge on any atom is -0.461 e. The van der Waals surface area contributed by atoms with Crippen molar-refractivity contribution in [3.63, 3.8) is 0 Å². The molecule has 7 nitrogen and oxygen atoms in total. The lowest BCUT2D eigenvalue weighted by Crippen LogP contribution is -2.06. The second kappa shape index (κ2) is 5.94. The van der Waals surface area contributed by atoms with Crippen LogP contribution in [0.4, 0.5) is 5.82 Å². The largest absolute Gasteiger partial charge is 0.461 e. The molecule has 0 spiro atoms. The van der Waals surface area contributed by atoms with Gasteiger partial charge in [0, 0.05) is 29.4 Å². The molecule has 0 aromatic carbocycles. The highest BCUT2D eigenvalue weighted by Crippen LogP contribution is 2.24. The quantitative estimate of drug-likeness (QED) is 0.741. The van der Waals surface area contributed by atoms with Gasteiger partial charge >= 0.3 is 5.97 Å². The number of ether oxygens (including phenoxy) is 1. The molecule has 112 valence electrons. The fraction of sp³-hybridized carbons (Fsp3) is 0.143. The molecule has 0 radical (unpaired) electrons. The first-order valence-electron chi connectivity index (χ1n) is 6.58. The number of thiazole rings is 1. The van der Waals surface area contributed by atoms with E-state index < -0.39 is 5.97 Å². The van der Waals surface area contributed by atoms with Gasteiger partial charge in [0.25, 0.3) is 0 Å². The van der Waals surface area contributed by atoms with Crippen LogP contribution in [0.25, 0.3) is 16.4 Å². The molecular formula is C14H13N5O2S. The maximum Gasteiger partial charge on any atom is 0.357 e. The number of anilines is 1. The van der Waals surface area contributed by atoms with E-state index in [0.717, 1.165) is 5.56 Å². The van der Waals surface area contributed by atoms with Crippen molar-refractivity contribution < 1.29 is 9.53 Å². The van der Waals surface area contributed by atoms with Crippen LogP contribution in [-0.4, -0.2) is 32.3 Å². The van der Waals surface area contributed by atoms with E-state index in [1.165, 1.54) is 16.0 Å². The van der Waals surface area contributed by atoms with Crippen LogP contribution in [0.15, 0.2) is 36.0 Å². The molecule has 3 aromatic rings. The van der Waals surface area contributed by atoms with Crippen molar-refractivity contribution in [2.75, 3.05) is 12.3 Å². The van der Waals surface area contributed by atoms with Crippen molar-refractivity contribution >= 4 is 23.1 Å². The summed E-state index contributed by atoms with van der Waals surface area (Å²) in [5.41, 5.74) is 7.86. The van der Waals surface area contributed by atoms with Crippen molar-refractivity contribution in [1.29, 1.82) is 0 Å². The van der Waals surface area contributed by atoms with Crippen LogP contribution < -0.4 is 5.73 Å². The third kappa shape index (κ3) is 2.68. The molecule has 3 aromatic heterocycles. The number of hydrogen-bond donors (Lipinski definition) is 1. The fourth-order valence-electron chi connectivity index (χ4n) is 1.87. The molecule has 0 aliphatic carbocycles. The van der Waals surface area contributed by atoms with E-state index in [0.29, 0.717) is 23.3 Å². The fourth-order valence-corrected chi connectivity index (χ4v) is 2.64. The second-order valence-electron chi connectivity index (χ2n) is 4.34. The summed E-state index contributed by atoms with van der Waals surface area (Å²) < 4.78 is 6.42. The minimum atomic E-state index is -0.454. The lowest BCUT2D eigenvalue weighted by Gasteiger charge is -1.98. The zero-order chi connectivity index (χ0) is 15.5. The molecule has 2 N–H and O–H groups in total. The maximum atomic E-state index is 11.7. The van der Waals surface area contributed by atoms with E-state index in [1.54, 1.807) is 30.8 Å². The molecule has 0 unspecified atom stereocenters. The van der Waals surface area contributed by atoms with Crippen molar-refractivity contribution in [2.45, 2.75) is 6.92 Å². The smallest absolute Gasteiger partial charge is 0.357 e. The van der Waals surface area contributed by atoms with Gasteiger partial charge in [0.15, 0.2) is 5.69 Å². The lowest BCUT2D eigenvalue weighted by atomic mass is 10.2. The summed E-state index contributed by atoms with van der Waals surface area (Å²) in [6, 6.07) is 5.44.